The lowest BCUT2D eigenvalue weighted by atomic mass is 10.2. The molecule has 0 fully saturated rings. The molecular formula is C26H39N5O3S2. The van der Waals surface area contributed by atoms with Crippen molar-refractivity contribution in [1.82, 2.24) is 15.5 Å². The zero-order valence-electron chi connectivity index (χ0n) is 21.6. The average molecular weight is 534 g/mol. The Balaban J connectivity index is 1.70. The van der Waals surface area contributed by atoms with Gasteiger partial charge >= 0.3 is 0 Å². The number of methoxy groups -OCH3 is 2. The van der Waals surface area contributed by atoms with Crippen LogP contribution in [0.25, 0.3) is 0 Å². The van der Waals surface area contributed by atoms with E-state index in [1.54, 1.807) is 26.0 Å². The number of carbonyl (C=O) groups is 1. The van der Waals surface area contributed by atoms with Crippen LogP contribution in [0.15, 0.2) is 48.5 Å². The van der Waals surface area contributed by atoms with Crippen molar-refractivity contribution in [2.24, 2.45) is 5.73 Å². The van der Waals surface area contributed by atoms with E-state index in [-0.39, 0.29) is 5.91 Å². The van der Waals surface area contributed by atoms with E-state index >= 15 is 0 Å². The second-order valence-electron chi connectivity index (χ2n) is 8.64. The highest BCUT2D eigenvalue weighted by molar-refractivity contribution is 8.00. The van der Waals surface area contributed by atoms with Crippen LogP contribution in [-0.4, -0.2) is 74.2 Å². The molecule has 2 aromatic rings. The zero-order valence-corrected chi connectivity index (χ0v) is 23.3. The fraction of sp³-hybridized carbons (Fsp3) is 0.462. The van der Waals surface area contributed by atoms with Crippen molar-refractivity contribution in [2.45, 2.75) is 24.3 Å². The predicted molar refractivity (Wildman–Crippen MR) is 154 cm³/mol. The van der Waals surface area contributed by atoms with Gasteiger partial charge in [0.05, 0.1) is 19.0 Å². The molecule has 0 heterocycles. The van der Waals surface area contributed by atoms with Crippen LogP contribution in [0, 0.1) is 0 Å². The molecule has 36 heavy (non-hydrogen) atoms. The molecule has 0 radical (unpaired) electrons. The summed E-state index contributed by atoms with van der Waals surface area (Å²) in [5.74, 6) is 2.40. The van der Waals surface area contributed by atoms with E-state index < -0.39 is 4.75 Å². The molecule has 1 amide bonds. The van der Waals surface area contributed by atoms with Crippen LogP contribution in [0.4, 0.5) is 5.69 Å². The molecule has 0 saturated carbocycles. The molecule has 0 spiro atoms. The van der Waals surface area contributed by atoms with E-state index in [9.17, 15) is 4.79 Å². The summed E-state index contributed by atoms with van der Waals surface area (Å²) >= 11 is 7.00. The minimum absolute atomic E-state index is 0.0247. The Morgan fingerprint density at radius 3 is 2.06 bits per heavy atom. The molecular weight excluding hydrogens is 494 g/mol. The fourth-order valence-corrected chi connectivity index (χ4v) is 4.43. The number of ether oxygens (including phenoxy) is 2. The van der Waals surface area contributed by atoms with Crippen molar-refractivity contribution >= 4 is 40.7 Å². The van der Waals surface area contributed by atoms with E-state index in [4.69, 9.17) is 27.4 Å². The van der Waals surface area contributed by atoms with E-state index in [1.165, 1.54) is 0 Å². The Labute approximate surface area is 224 Å². The summed E-state index contributed by atoms with van der Waals surface area (Å²) in [6.45, 7) is 7.88. The third-order valence-electron chi connectivity index (χ3n) is 5.53. The Bertz CT molecular complexity index is 940. The van der Waals surface area contributed by atoms with E-state index in [0.717, 1.165) is 41.6 Å². The SMILES string of the molecule is COc1ccc(CSC(C)(C)C(=O)NCCN(CCN)CCNC(=S)Nc2ccc(OC)cc2)cc1. The number of carbonyl (C=O) groups excluding carboxylic acids is 1. The monoisotopic (exact) mass is 533 g/mol. The highest BCUT2D eigenvalue weighted by Crippen LogP contribution is 2.29. The minimum Gasteiger partial charge on any atom is -0.497 e. The molecule has 0 unspecified atom stereocenters. The van der Waals surface area contributed by atoms with Crippen LogP contribution in [-0.2, 0) is 10.5 Å². The molecule has 8 nitrogen and oxygen atoms in total. The topological polar surface area (TPSA) is 101 Å². The van der Waals surface area contributed by atoms with Crippen molar-refractivity contribution in [2.75, 3.05) is 58.8 Å². The van der Waals surface area contributed by atoms with Crippen molar-refractivity contribution in [3.63, 3.8) is 0 Å². The normalized spacial score (nSPS) is 11.2. The number of hydrogen-bond donors (Lipinski definition) is 4. The molecule has 2 aromatic carbocycles. The summed E-state index contributed by atoms with van der Waals surface area (Å²) < 4.78 is 9.83. The number of nitrogens with two attached hydrogens (primary N) is 1. The second-order valence-corrected chi connectivity index (χ2v) is 10.6. The number of hydrogen-bond acceptors (Lipinski definition) is 7. The number of nitrogens with one attached hydrogen (secondary N) is 3. The van der Waals surface area contributed by atoms with E-state index in [2.05, 4.69) is 20.9 Å². The van der Waals surface area contributed by atoms with Crippen molar-refractivity contribution < 1.29 is 14.3 Å². The molecule has 0 aliphatic heterocycles. The highest BCUT2D eigenvalue weighted by atomic mass is 32.2. The summed E-state index contributed by atoms with van der Waals surface area (Å²) in [7, 11) is 3.29. The summed E-state index contributed by atoms with van der Waals surface area (Å²) in [5.41, 5.74) is 7.84. The fourth-order valence-electron chi connectivity index (χ4n) is 3.29. The summed E-state index contributed by atoms with van der Waals surface area (Å²) in [4.78, 5) is 15.0. The third kappa shape index (κ3) is 10.6. The molecule has 10 heteroatoms. The van der Waals surface area contributed by atoms with Crippen molar-refractivity contribution in [1.29, 1.82) is 0 Å². The number of nitrogens with zero attached hydrogens (tertiary/aromatic N) is 1. The average Bonchev–Trinajstić information content (AvgIpc) is 2.88. The highest BCUT2D eigenvalue weighted by Gasteiger charge is 2.27. The van der Waals surface area contributed by atoms with E-state index in [0.29, 0.717) is 31.3 Å². The van der Waals surface area contributed by atoms with Crippen LogP contribution < -0.4 is 31.2 Å². The molecule has 0 aliphatic carbocycles. The van der Waals surface area contributed by atoms with Gasteiger partial charge in [-0.05, 0) is 68.0 Å². The molecule has 0 bridgehead atoms. The van der Waals surface area contributed by atoms with E-state index in [1.807, 2.05) is 62.4 Å². The lowest BCUT2D eigenvalue weighted by Crippen LogP contribution is -2.45. The van der Waals surface area contributed by atoms with Crippen LogP contribution in [0.1, 0.15) is 19.4 Å². The smallest absolute Gasteiger partial charge is 0.235 e. The lowest BCUT2D eigenvalue weighted by Gasteiger charge is -2.26. The first kappa shape index (κ1) is 29.7. The molecule has 0 aromatic heterocycles. The molecule has 2 rings (SSSR count). The molecule has 0 saturated heterocycles. The quantitative estimate of drug-likeness (QED) is 0.257. The van der Waals surface area contributed by atoms with Gasteiger partial charge in [0, 0.05) is 50.7 Å². The zero-order chi connectivity index (χ0) is 26.4. The van der Waals surface area contributed by atoms with Gasteiger partial charge in [0.15, 0.2) is 5.11 Å². The van der Waals surface area contributed by atoms with Gasteiger partial charge < -0.3 is 31.2 Å². The lowest BCUT2D eigenvalue weighted by molar-refractivity contribution is -0.122. The number of thiocarbonyl (C=S) groups is 1. The number of amides is 1. The van der Waals surface area contributed by atoms with Gasteiger partial charge in [0.1, 0.15) is 11.5 Å². The minimum atomic E-state index is -0.542. The maximum atomic E-state index is 12.8. The van der Waals surface area contributed by atoms with Gasteiger partial charge in [0.2, 0.25) is 5.91 Å². The van der Waals surface area contributed by atoms with Gasteiger partial charge in [-0.2, -0.15) is 0 Å². The summed E-state index contributed by atoms with van der Waals surface area (Å²) in [6, 6.07) is 15.5. The third-order valence-corrected chi connectivity index (χ3v) is 7.16. The Hall–Kier alpha value is -2.53. The molecule has 5 N–H and O–H groups in total. The van der Waals surface area contributed by atoms with Crippen LogP contribution in [0.3, 0.4) is 0 Å². The Morgan fingerprint density at radius 1 is 0.944 bits per heavy atom. The molecule has 0 aliphatic rings. The molecule has 0 atom stereocenters. The first-order valence-corrected chi connectivity index (χ1v) is 13.3. The van der Waals surface area contributed by atoms with Crippen LogP contribution in [0.5, 0.6) is 11.5 Å². The van der Waals surface area contributed by atoms with Crippen LogP contribution >= 0.6 is 24.0 Å². The second kappa shape index (κ2) is 15.6. The Kier molecular flexibility index (Phi) is 12.8. The van der Waals surface area contributed by atoms with Crippen LogP contribution in [0.2, 0.25) is 0 Å². The standard InChI is InChI=1S/C26H39N5O3S2/c1-26(2,36-19-20-5-9-22(33-3)10-6-20)24(32)28-14-17-31(16-13-27)18-15-29-25(35)30-21-7-11-23(34-4)12-8-21/h5-12H,13-19,27H2,1-4H3,(H,28,32)(H2,29,30,35). The van der Waals surface area contributed by atoms with Gasteiger partial charge in [-0.15, -0.1) is 11.8 Å². The maximum absolute atomic E-state index is 12.8. The Morgan fingerprint density at radius 2 is 1.50 bits per heavy atom. The largest absolute Gasteiger partial charge is 0.497 e. The first-order chi connectivity index (χ1) is 17.3. The van der Waals surface area contributed by atoms with Gasteiger partial charge in [0.25, 0.3) is 0 Å². The number of thioether (sulfide) groups is 1. The van der Waals surface area contributed by atoms with Gasteiger partial charge in [-0.25, -0.2) is 0 Å². The van der Waals surface area contributed by atoms with Gasteiger partial charge in [-0.3, -0.25) is 9.69 Å². The number of rotatable bonds is 15. The van der Waals surface area contributed by atoms with Gasteiger partial charge in [-0.1, -0.05) is 12.1 Å². The number of anilines is 1. The number of benzene rings is 2. The predicted octanol–water partition coefficient (Wildman–Crippen LogP) is 3.08. The van der Waals surface area contributed by atoms with Crippen molar-refractivity contribution in [3.8, 4) is 11.5 Å². The first-order valence-electron chi connectivity index (χ1n) is 11.9. The van der Waals surface area contributed by atoms with Crippen molar-refractivity contribution in [3.05, 3.63) is 54.1 Å². The summed E-state index contributed by atoms with van der Waals surface area (Å²) in [5, 5.41) is 10.0. The molecule has 198 valence electrons. The summed E-state index contributed by atoms with van der Waals surface area (Å²) in [6.07, 6.45) is 0. The maximum Gasteiger partial charge on any atom is 0.235 e.